The van der Waals surface area contributed by atoms with E-state index in [1.165, 1.54) is 22.6 Å². The molecular formula is C19H26N4OS. The first-order chi connectivity index (χ1) is 12.2. The molecule has 0 spiro atoms. The Balaban J connectivity index is 1.34. The summed E-state index contributed by atoms with van der Waals surface area (Å²) >= 11 is 1.92. The van der Waals surface area contributed by atoms with Crippen LogP contribution in [0.25, 0.3) is 0 Å². The van der Waals surface area contributed by atoms with Crippen molar-refractivity contribution in [3.05, 3.63) is 39.5 Å². The Morgan fingerprint density at radius 1 is 1.20 bits per heavy atom. The first-order valence-corrected chi connectivity index (χ1v) is 9.98. The van der Waals surface area contributed by atoms with Crippen molar-refractivity contribution in [2.45, 2.75) is 39.3 Å². The fourth-order valence-corrected chi connectivity index (χ4v) is 4.76. The summed E-state index contributed by atoms with van der Waals surface area (Å²) < 4.78 is 5.80. The lowest BCUT2D eigenvalue weighted by Crippen LogP contribution is -2.46. The van der Waals surface area contributed by atoms with Crippen molar-refractivity contribution in [2.75, 3.05) is 37.7 Å². The maximum Gasteiger partial charge on any atom is 0.150 e. The van der Waals surface area contributed by atoms with Gasteiger partial charge in [-0.1, -0.05) is 0 Å². The molecule has 6 heteroatoms. The largest absolute Gasteiger partial charge is 0.373 e. The molecule has 2 aliphatic heterocycles. The molecule has 0 radical (unpaired) electrons. The standard InChI is InChI=1S/C19H26N4OS/c1-14-12-20-15(2)19(21-14)23-9-7-22(8-10-23)13-16-5-6-18(25-16)17-4-3-11-24-17/h5-6,12,17H,3-4,7-11,13H2,1-2H3/t17-/m1/s1. The summed E-state index contributed by atoms with van der Waals surface area (Å²) in [6.07, 6.45) is 4.56. The first kappa shape index (κ1) is 16.9. The Bertz CT molecular complexity index is 718. The number of nitrogens with zero attached hydrogens (tertiary/aromatic N) is 4. The third-order valence-corrected chi connectivity index (χ3v) is 6.19. The van der Waals surface area contributed by atoms with E-state index in [-0.39, 0.29) is 0 Å². The molecule has 2 aromatic heterocycles. The number of hydrogen-bond acceptors (Lipinski definition) is 6. The Hall–Kier alpha value is -1.50. The Morgan fingerprint density at radius 2 is 2.04 bits per heavy atom. The molecule has 4 rings (SSSR count). The van der Waals surface area contributed by atoms with Crippen LogP contribution >= 0.6 is 11.3 Å². The van der Waals surface area contributed by atoms with Crippen molar-refractivity contribution in [1.29, 1.82) is 0 Å². The zero-order chi connectivity index (χ0) is 17.2. The van der Waals surface area contributed by atoms with Crippen molar-refractivity contribution in [1.82, 2.24) is 14.9 Å². The molecule has 1 atom stereocenters. The predicted molar refractivity (Wildman–Crippen MR) is 101 cm³/mol. The average molecular weight is 359 g/mol. The topological polar surface area (TPSA) is 41.5 Å². The van der Waals surface area contributed by atoms with Gasteiger partial charge in [0.1, 0.15) is 5.82 Å². The quantitative estimate of drug-likeness (QED) is 0.839. The number of rotatable bonds is 4. The van der Waals surface area contributed by atoms with E-state index < -0.39 is 0 Å². The van der Waals surface area contributed by atoms with E-state index in [9.17, 15) is 0 Å². The lowest BCUT2D eigenvalue weighted by molar-refractivity contribution is 0.114. The van der Waals surface area contributed by atoms with Crippen molar-refractivity contribution < 1.29 is 4.74 Å². The van der Waals surface area contributed by atoms with Gasteiger partial charge in [0.05, 0.1) is 17.5 Å². The maximum atomic E-state index is 5.80. The van der Waals surface area contributed by atoms with Crippen LogP contribution in [-0.2, 0) is 11.3 Å². The average Bonchev–Trinajstić information content (AvgIpc) is 3.29. The summed E-state index contributed by atoms with van der Waals surface area (Å²) in [4.78, 5) is 16.9. The van der Waals surface area contributed by atoms with Crippen LogP contribution in [-0.4, -0.2) is 47.7 Å². The molecule has 0 amide bonds. The summed E-state index contributed by atoms with van der Waals surface area (Å²) in [7, 11) is 0. The lowest BCUT2D eigenvalue weighted by Gasteiger charge is -2.35. The normalized spacial score (nSPS) is 21.8. The highest BCUT2D eigenvalue weighted by molar-refractivity contribution is 7.12. The Morgan fingerprint density at radius 3 is 2.80 bits per heavy atom. The number of thiophene rings is 1. The van der Waals surface area contributed by atoms with Gasteiger partial charge in [0.25, 0.3) is 0 Å². The van der Waals surface area contributed by atoms with Crippen molar-refractivity contribution in [3.63, 3.8) is 0 Å². The fraction of sp³-hybridized carbons (Fsp3) is 0.579. The van der Waals surface area contributed by atoms with Crippen LogP contribution < -0.4 is 4.90 Å². The number of aromatic nitrogens is 2. The van der Waals surface area contributed by atoms with Crippen LogP contribution in [0.3, 0.4) is 0 Å². The van der Waals surface area contributed by atoms with Crippen molar-refractivity contribution in [3.8, 4) is 0 Å². The zero-order valence-electron chi connectivity index (χ0n) is 15.1. The summed E-state index contributed by atoms with van der Waals surface area (Å²) in [5.74, 6) is 1.05. The molecule has 2 aliphatic rings. The monoisotopic (exact) mass is 358 g/mol. The van der Waals surface area contributed by atoms with E-state index in [0.29, 0.717) is 6.10 Å². The van der Waals surface area contributed by atoms with E-state index in [2.05, 4.69) is 31.9 Å². The van der Waals surface area contributed by atoms with Gasteiger partial charge in [-0.3, -0.25) is 9.88 Å². The molecular weight excluding hydrogens is 332 g/mol. The minimum atomic E-state index is 0.346. The Labute approximate surface area is 153 Å². The van der Waals surface area contributed by atoms with Crippen molar-refractivity contribution >= 4 is 17.2 Å². The molecule has 0 saturated carbocycles. The number of aryl methyl sites for hydroxylation is 2. The minimum Gasteiger partial charge on any atom is -0.373 e. The Kier molecular flexibility index (Phi) is 5.01. The number of anilines is 1. The summed E-state index contributed by atoms with van der Waals surface area (Å²) in [5.41, 5.74) is 2.02. The van der Waals surface area contributed by atoms with E-state index >= 15 is 0 Å². The third kappa shape index (κ3) is 3.86. The number of hydrogen-bond donors (Lipinski definition) is 0. The molecule has 0 bridgehead atoms. The van der Waals surface area contributed by atoms with Gasteiger partial charge in [0.15, 0.2) is 0 Å². The number of piperazine rings is 1. The highest BCUT2D eigenvalue weighted by Crippen LogP contribution is 2.33. The highest BCUT2D eigenvalue weighted by atomic mass is 32.1. The van der Waals surface area contributed by atoms with Crippen LogP contribution in [0.1, 0.15) is 40.1 Å². The molecule has 2 saturated heterocycles. The zero-order valence-corrected chi connectivity index (χ0v) is 15.9. The van der Waals surface area contributed by atoms with Gasteiger partial charge >= 0.3 is 0 Å². The lowest BCUT2D eigenvalue weighted by atomic mass is 10.2. The predicted octanol–water partition coefficient (Wildman–Crippen LogP) is 3.33. The molecule has 2 aromatic rings. The van der Waals surface area contributed by atoms with E-state index in [1.54, 1.807) is 0 Å². The van der Waals surface area contributed by atoms with Gasteiger partial charge in [0.2, 0.25) is 0 Å². The fourth-order valence-electron chi connectivity index (χ4n) is 3.62. The number of ether oxygens (including phenoxy) is 1. The highest BCUT2D eigenvalue weighted by Gasteiger charge is 2.22. The van der Waals surface area contributed by atoms with Crippen LogP contribution in [0.2, 0.25) is 0 Å². The summed E-state index contributed by atoms with van der Waals surface area (Å²) in [5, 5.41) is 0. The van der Waals surface area contributed by atoms with E-state index in [0.717, 1.165) is 56.5 Å². The minimum absolute atomic E-state index is 0.346. The second kappa shape index (κ2) is 7.40. The van der Waals surface area contributed by atoms with Gasteiger partial charge in [-0.25, -0.2) is 4.98 Å². The molecule has 25 heavy (non-hydrogen) atoms. The molecule has 5 nitrogen and oxygen atoms in total. The maximum absolute atomic E-state index is 5.80. The van der Waals surface area contributed by atoms with Crippen LogP contribution in [0.4, 0.5) is 5.82 Å². The molecule has 0 N–H and O–H groups in total. The first-order valence-electron chi connectivity index (χ1n) is 9.17. The third-order valence-electron chi connectivity index (χ3n) is 5.03. The van der Waals surface area contributed by atoms with Crippen LogP contribution in [0, 0.1) is 13.8 Å². The SMILES string of the molecule is Cc1cnc(C)c(N2CCN(Cc3ccc([C@H]4CCCO4)s3)CC2)n1. The second-order valence-corrected chi connectivity index (χ2v) is 8.19. The molecule has 0 aromatic carbocycles. The molecule has 0 aliphatic carbocycles. The van der Waals surface area contributed by atoms with E-state index in [1.807, 2.05) is 31.4 Å². The van der Waals surface area contributed by atoms with Gasteiger partial charge in [-0.05, 0) is 38.8 Å². The smallest absolute Gasteiger partial charge is 0.150 e. The summed E-state index contributed by atoms with van der Waals surface area (Å²) in [6, 6.07) is 4.54. The van der Waals surface area contributed by atoms with Gasteiger partial charge in [-0.15, -0.1) is 11.3 Å². The van der Waals surface area contributed by atoms with Gasteiger partial charge < -0.3 is 9.64 Å². The van der Waals surface area contributed by atoms with E-state index in [4.69, 9.17) is 4.74 Å². The van der Waals surface area contributed by atoms with Crippen molar-refractivity contribution in [2.24, 2.45) is 0 Å². The van der Waals surface area contributed by atoms with Crippen LogP contribution in [0.15, 0.2) is 18.3 Å². The van der Waals surface area contributed by atoms with Crippen LogP contribution in [0.5, 0.6) is 0 Å². The summed E-state index contributed by atoms with van der Waals surface area (Å²) in [6.45, 7) is 10.2. The molecule has 4 heterocycles. The molecule has 0 unspecified atom stereocenters. The van der Waals surface area contributed by atoms with Gasteiger partial charge in [-0.2, -0.15) is 0 Å². The van der Waals surface area contributed by atoms with Gasteiger partial charge in [0, 0.05) is 55.3 Å². The molecule has 2 fully saturated rings. The second-order valence-electron chi connectivity index (χ2n) is 6.99. The molecule has 134 valence electrons.